The van der Waals surface area contributed by atoms with Crippen molar-refractivity contribution in [3.8, 4) is 0 Å². The number of hydrogen-bond donors (Lipinski definition) is 3. The number of hydrogen-bond acceptors (Lipinski definition) is 5. The fourth-order valence-corrected chi connectivity index (χ4v) is 1.88. The van der Waals surface area contributed by atoms with Crippen LogP contribution >= 0.6 is 0 Å². The highest BCUT2D eigenvalue weighted by Gasteiger charge is 2.22. The summed E-state index contributed by atoms with van der Waals surface area (Å²) < 4.78 is 0. The monoisotopic (exact) mass is 260 g/mol. The number of aromatic amines is 1. The predicted octanol–water partition coefficient (Wildman–Crippen LogP) is 0.824. The third kappa shape index (κ3) is 2.98. The van der Waals surface area contributed by atoms with Crippen molar-refractivity contribution in [2.45, 2.75) is 31.7 Å². The van der Waals surface area contributed by atoms with Crippen LogP contribution in [0.25, 0.3) is 11.2 Å². The quantitative estimate of drug-likeness (QED) is 0.668. The van der Waals surface area contributed by atoms with Gasteiger partial charge in [-0.2, -0.15) is 0 Å². The number of anilines is 1. The van der Waals surface area contributed by atoms with Gasteiger partial charge in [-0.15, -0.1) is 0 Å². The van der Waals surface area contributed by atoms with Gasteiger partial charge in [-0.05, 0) is 19.3 Å². The number of imidazole rings is 1. The van der Waals surface area contributed by atoms with E-state index in [0.717, 1.165) is 30.6 Å². The van der Waals surface area contributed by atoms with Crippen molar-refractivity contribution in [1.29, 1.82) is 0 Å². The van der Waals surface area contributed by atoms with Gasteiger partial charge in [-0.3, -0.25) is 4.79 Å². The minimum absolute atomic E-state index is 0.138. The molecule has 0 atom stereocenters. The second-order valence-electron chi connectivity index (χ2n) is 4.70. The highest BCUT2D eigenvalue weighted by molar-refractivity contribution is 5.82. The minimum atomic E-state index is 0.138. The Morgan fingerprint density at radius 2 is 2.26 bits per heavy atom. The average molecular weight is 260 g/mol. The van der Waals surface area contributed by atoms with E-state index in [1.807, 2.05) is 0 Å². The SMILES string of the molecule is O=C(CCCNc1ncnc2nc[nH]c12)NC1CC1. The molecule has 7 nitrogen and oxygen atoms in total. The van der Waals surface area contributed by atoms with Gasteiger partial charge in [-0.25, -0.2) is 15.0 Å². The number of amides is 1. The van der Waals surface area contributed by atoms with Gasteiger partial charge in [0.1, 0.15) is 11.8 Å². The van der Waals surface area contributed by atoms with Gasteiger partial charge in [0.2, 0.25) is 5.91 Å². The summed E-state index contributed by atoms with van der Waals surface area (Å²) in [6, 6.07) is 0.437. The normalized spacial score (nSPS) is 14.5. The number of carbonyl (C=O) groups is 1. The molecule has 0 aromatic carbocycles. The van der Waals surface area contributed by atoms with Crippen molar-refractivity contribution in [2.24, 2.45) is 0 Å². The van der Waals surface area contributed by atoms with Crippen molar-refractivity contribution in [3.05, 3.63) is 12.7 Å². The van der Waals surface area contributed by atoms with Crippen LogP contribution in [0.1, 0.15) is 25.7 Å². The fourth-order valence-electron chi connectivity index (χ4n) is 1.88. The zero-order valence-corrected chi connectivity index (χ0v) is 10.5. The Balaban J connectivity index is 1.46. The number of aromatic nitrogens is 4. The van der Waals surface area contributed by atoms with E-state index in [2.05, 4.69) is 30.6 Å². The van der Waals surface area contributed by atoms with Crippen molar-refractivity contribution in [1.82, 2.24) is 25.3 Å². The topological polar surface area (TPSA) is 95.6 Å². The molecule has 2 heterocycles. The molecule has 7 heteroatoms. The molecule has 1 aliphatic rings. The largest absolute Gasteiger partial charge is 0.368 e. The number of rotatable bonds is 6. The van der Waals surface area contributed by atoms with Gasteiger partial charge in [0.25, 0.3) is 0 Å². The summed E-state index contributed by atoms with van der Waals surface area (Å²) in [5.74, 6) is 0.865. The van der Waals surface area contributed by atoms with Crippen LogP contribution in [0.2, 0.25) is 0 Å². The summed E-state index contributed by atoms with van der Waals surface area (Å²) >= 11 is 0. The minimum Gasteiger partial charge on any atom is -0.368 e. The van der Waals surface area contributed by atoms with E-state index in [1.165, 1.54) is 6.33 Å². The lowest BCUT2D eigenvalue weighted by molar-refractivity contribution is -0.121. The smallest absolute Gasteiger partial charge is 0.220 e. The number of carbonyl (C=O) groups excluding carboxylic acids is 1. The molecular weight excluding hydrogens is 244 g/mol. The molecule has 19 heavy (non-hydrogen) atoms. The lowest BCUT2D eigenvalue weighted by atomic mass is 10.3. The molecule has 1 fully saturated rings. The third-order valence-electron chi connectivity index (χ3n) is 3.04. The Kier molecular flexibility index (Phi) is 3.26. The van der Waals surface area contributed by atoms with Crippen LogP contribution in [-0.4, -0.2) is 38.4 Å². The van der Waals surface area contributed by atoms with Crippen LogP contribution in [0.4, 0.5) is 5.82 Å². The Hall–Kier alpha value is -2.18. The molecule has 3 rings (SSSR count). The summed E-state index contributed by atoms with van der Waals surface area (Å²) in [5, 5.41) is 6.17. The van der Waals surface area contributed by atoms with Crippen LogP contribution in [0, 0.1) is 0 Å². The van der Waals surface area contributed by atoms with E-state index in [0.29, 0.717) is 24.7 Å². The number of H-pyrrole nitrogens is 1. The number of nitrogens with one attached hydrogen (secondary N) is 3. The molecule has 0 aliphatic heterocycles. The standard InChI is InChI=1S/C12H16N6O/c19-9(18-8-3-4-8)2-1-5-13-11-10-12(15-6-14-10)17-7-16-11/h6-8H,1-5H2,(H,18,19)(H2,13,14,15,16,17). The van der Waals surface area contributed by atoms with Gasteiger partial charge in [-0.1, -0.05) is 0 Å². The number of fused-ring (bicyclic) bond motifs is 1. The van der Waals surface area contributed by atoms with E-state index in [-0.39, 0.29) is 5.91 Å². The molecule has 0 saturated heterocycles. The van der Waals surface area contributed by atoms with Crippen LogP contribution < -0.4 is 10.6 Å². The Bertz CT molecular complexity index is 576. The second-order valence-corrected chi connectivity index (χ2v) is 4.70. The van der Waals surface area contributed by atoms with Gasteiger partial charge < -0.3 is 15.6 Å². The van der Waals surface area contributed by atoms with Gasteiger partial charge in [0.15, 0.2) is 11.5 Å². The molecule has 1 saturated carbocycles. The molecule has 0 radical (unpaired) electrons. The zero-order valence-electron chi connectivity index (χ0n) is 10.5. The first-order valence-corrected chi connectivity index (χ1v) is 6.50. The Morgan fingerprint density at radius 3 is 3.11 bits per heavy atom. The summed E-state index contributed by atoms with van der Waals surface area (Å²) in [4.78, 5) is 26.8. The van der Waals surface area contributed by atoms with E-state index in [9.17, 15) is 4.79 Å². The first-order chi connectivity index (χ1) is 9.33. The molecule has 1 amide bonds. The fraction of sp³-hybridized carbons (Fsp3) is 0.500. The zero-order chi connectivity index (χ0) is 13.1. The summed E-state index contributed by atoms with van der Waals surface area (Å²) in [6.07, 6.45) is 6.64. The van der Waals surface area contributed by atoms with Crippen LogP contribution in [0.15, 0.2) is 12.7 Å². The highest BCUT2D eigenvalue weighted by Crippen LogP contribution is 2.18. The first-order valence-electron chi connectivity index (χ1n) is 6.50. The van der Waals surface area contributed by atoms with Crippen LogP contribution in [0.5, 0.6) is 0 Å². The molecule has 0 unspecified atom stereocenters. The third-order valence-corrected chi connectivity index (χ3v) is 3.04. The maximum atomic E-state index is 11.5. The van der Waals surface area contributed by atoms with Crippen molar-refractivity contribution in [2.75, 3.05) is 11.9 Å². The van der Waals surface area contributed by atoms with Gasteiger partial charge in [0, 0.05) is 19.0 Å². The van der Waals surface area contributed by atoms with E-state index >= 15 is 0 Å². The van der Waals surface area contributed by atoms with Crippen LogP contribution in [0.3, 0.4) is 0 Å². The molecule has 100 valence electrons. The summed E-state index contributed by atoms with van der Waals surface area (Å²) in [6.45, 7) is 0.698. The molecule has 0 spiro atoms. The Labute approximate surface area is 110 Å². The molecule has 2 aromatic heterocycles. The molecule has 1 aliphatic carbocycles. The maximum absolute atomic E-state index is 11.5. The molecule has 2 aromatic rings. The lowest BCUT2D eigenvalue weighted by Gasteiger charge is -2.06. The van der Waals surface area contributed by atoms with Crippen molar-refractivity contribution >= 4 is 22.9 Å². The van der Waals surface area contributed by atoms with Crippen molar-refractivity contribution in [3.63, 3.8) is 0 Å². The molecular formula is C12H16N6O. The summed E-state index contributed by atoms with van der Waals surface area (Å²) in [7, 11) is 0. The molecule has 0 bridgehead atoms. The van der Waals surface area contributed by atoms with Crippen molar-refractivity contribution < 1.29 is 4.79 Å². The summed E-state index contributed by atoms with van der Waals surface area (Å²) in [5.41, 5.74) is 1.44. The number of nitrogens with zero attached hydrogens (tertiary/aromatic N) is 3. The maximum Gasteiger partial charge on any atom is 0.220 e. The Morgan fingerprint density at radius 1 is 1.37 bits per heavy atom. The lowest BCUT2D eigenvalue weighted by Crippen LogP contribution is -2.25. The average Bonchev–Trinajstić information content (AvgIpc) is 3.07. The van der Waals surface area contributed by atoms with Gasteiger partial charge in [0.05, 0.1) is 6.33 Å². The van der Waals surface area contributed by atoms with E-state index in [1.54, 1.807) is 6.33 Å². The van der Waals surface area contributed by atoms with Gasteiger partial charge >= 0.3 is 0 Å². The first kappa shape index (κ1) is 11.9. The van der Waals surface area contributed by atoms with E-state index in [4.69, 9.17) is 0 Å². The molecule has 3 N–H and O–H groups in total. The predicted molar refractivity (Wildman–Crippen MR) is 70.6 cm³/mol. The highest BCUT2D eigenvalue weighted by atomic mass is 16.1. The van der Waals surface area contributed by atoms with Crippen LogP contribution in [-0.2, 0) is 4.79 Å². The second kappa shape index (κ2) is 5.21. The van der Waals surface area contributed by atoms with E-state index < -0.39 is 0 Å².